The second-order valence-corrected chi connectivity index (χ2v) is 8.68. The molecule has 0 saturated carbocycles. The Balaban J connectivity index is 1.73. The molecule has 0 aliphatic heterocycles. The number of hydrogen-bond donors (Lipinski definition) is 4. The summed E-state index contributed by atoms with van der Waals surface area (Å²) in [6.45, 7) is 5.56. The number of aliphatic hydroxyl groups is 1. The van der Waals surface area contributed by atoms with Crippen LogP contribution < -0.4 is 5.48 Å². The van der Waals surface area contributed by atoms with Gasteiger partial charge < -0.3 is 10.5 Å². The molecule has 7 heteroatoms. The number of rotatable bonds is 10. The highest BCUT2D eigenvalue weighted by atomic mass is 16.5. The number of pyridine rings is 1. The van der Waals surface area contributed by atoms with Gasteiger partial charge in [0.1, 0.15) is 5.60 Å². The van der Waals surface area contributed by atoms with E-state index in [1.54, 1.807) is 23.8 Å². The average molecular weight is 437 g/mol. The van der Waals surface area contributed by atoms with Gasteiger partial charge in [-0.15, -0.1) is 0 Å². The summed E-state index contributed by atoms with van der Waals surface area (Å²) in [6, 6.07) is 13.9. The summed E-state index contributed by atoms with van der Waals surface area (Å²) >= 11 is 0. The SMILES string of the molecule is CC[C@H](C(=N)CCc1c(C(C)(C)O)nn2ccccc12)c1ccc(CCC(=O)NO)cc1. The van der Waals surface area contributed by atoms with Crippen molar-refractivity contribution in [2.45, 2.75) is 64.4 Å². The maximum Gasteiger partial charge on any atom is 0.243 e. The predicted octanol–water partition coefficient (Wildman–Crippen LogP) is 4.15. The molecule has 0 fully saturated rings. The fraction of sp³-hybridized carbons (Fsp3) is 0.400. The minimum Gasteiger partial charge on any atom is -0.384 e. The molecule has 0 aliphatic carbocycles. The maximum atomic E-state index is 11.2. The molecule has 1 aromatic carbocycles. The van der Waals surface area contributed by atoms with E-state index >= 15 is 0 Å². The summed E-state index contributed by atoms with van der Waals surface area (Å²) in [5, 5.41) is 32.6. The quantitative estimate of drug-likeness (QED) is 0.217. The minimum atomic E-state index is -1.06. The first-order valence-electron chi connectivity index (χ1n) is 11.0. The van der Waals surface area contributed by atoms with Crippen molar-refractivity contribution >= 4 is 17.1 Å². The third kappa shape index (κ3) is 5.41. The van der Waals surface area contributed by atoms with Gasteiger partial charge in [-0.1, -0.05) is 37.3 Å². The Bertz CT molecular complexity index is 1080. The normalized spacial score (nSPS) is 12.7. The molecule has 3 rings (SSSR count). The lowest BCUT2D eigenvalue weighted by molar-refractivity contribution is -0.129. The van der Waals surface area contributed by atoms with Crippen LogP contribution in [0.2, 0.25) is 0 Å². The zero-order chi connectivity index (χ0) is 23.3. The molecule has 0 spiro atoms. The van der Waals surface area contributed by atoms with E-state index in [2.05, 4.69) is 12.0 Å². The van der Waals surface area contributed by atoms with Gasteiger partial charge in [0, 0.05) is 29.8 Å². The number of carbonyl (C=O) groups is 1. The third-order valence-electron chi connectivity index (χ3n) is 5.84. The van der Waals surface area contributed by atoms with E-state index in [1.807, 2.05) is 48.7 Å². The van der Waals surface area contributed by atoms with Crippen molar-refractivity contribution in [1.29, 1.82) is 5.41 Å². The Morgan fingerprint density at radius 3 is 2.50 bits per heavy atom. The van der Waals surface area contributed by atoms with Crippen LogP contribution in [0.4, 0.5) is 0 Å². The standard InChI is InChI=1S/C25H32N4O3/c1-4-19(18-11-8-17(9-12-18)10-15-23(30)28-32)21(26)14-13-20-22-7-5-6-16-29(22)27-24(20)25(2,3)31/h5-9,11-12,16,19,26,31-32H,4,10,13-15H2,1-3H3,(H,28,30)/t19-/m0/s1. The predicted molar refractivity (Wildman–Crippen MR) is 124 cm³/mol. The van der Waals surface area contributed by atoms with Gasteiger partial charge in [0.05, 0.1) is 11.2 Å². The van der Waals surface area contributed by atoms with Gasteiger partial charge in [0.25, 0.3) is 0 Å². The van der Waals surface area contributed by atoms with Crippen molar-refractivity contribution in [2.75, 3.05) is 0 Å². The molecule has 0 bridgehead atoms. The number of hydrogen-bond acceptors (Lipinski definition) is 5. The lowest BCUT2D eigenvalue weighted by atomic mass is 9.87. The second kappa shape index (κ2) is 10.1. The molecule has 0 radical (unpaired) electrons. The Kier molecular flexibility index (Phi) is 7.43. The number of aryl methyl sites for hydroxylation is 2. The Morgan fingerprint density at radius 1 is 1.16 bits per heavy atom. The molecule has 170 valence electrons. The molecule has 1 amide bonds. The van der Waals surface area contributed by atoms with E-state index in [-0.39, 0.29) is 12.3 Å². The average Bonchev–Trinajstić information content (AvgIpc) is 3.16. The Morgan fingerprint density at radius 2 is 1.88 bits per heavy atom. The van der Waals surface area contributed by atoms with Gasteiger partial charge in [-0.3, -0.25) is 10.0 Å². The third-order valence-corrected chi connectivity index (χ3v) is 5.84. The summed E-state index contributed by atoms with van der Waals surface area (Å²) < 4.78 is 1.79. The fourth-order valence-electron chi connectivity index (χ4n) is 4.14. The van der Waals surface area contributed by atoms with E-state index in [4.69, 9.17) is 10.6 Å². The zero-order valence-electron chi connectivity index (χ0n) is 18.9. The van der Waals surface area contributed by atoms with Crippen LogP contribution in [0.5, 0.6) is 0 Å². The summed E-state index contributed by atoms with van der Waals surface area (Å²) in [7, 11) is 0. The first-order chi connectivity index (χ1) is 15.2. The Hall–Kier alpha value is -3.03. The summed E-state index contributed by atoms with van der Waals surface area (Å²) in [5.74, 6) is -0.391. The highest BCUT2D eigenvalue weighted by Crippen LogP contribution is 2.29. The van der Waals surface area contributed by atoms with Crippen molar-refractivity contribution in [1.82, 2.24) is 15.1 Å². The van der Waals surface area contributed by atoms with Gasteiger partial charge in [-0.2, -0.15) is 5.10 Å². The van der Waals surface area contributed by atoms with Gasteiger partial charge in [0.15, 0.2) is 0 Å². The van der Waals surface area contributed by atoms with Crippen molar-refractivity contribution in [3.8, 4) is 0 Å². The van der Waals surface area contributed by atoms with Crippen LogP contribution in [0.3, 0.4) is 0 Å². The number of benzene rings is 1. The number of carbonyl (C=O) groups excluding carboxylic acids is 1. The lowest BCUT2D eigenvalue weighted by Gasteiger charge is -2.19. The topological polar surface area (TPSA) is 111 Å². The minimum absolute atomic E-state index is 0.0113. The van der Waals surface area contributed by atoms with Crippen LogP contribution in [0.25, 0.3) is 5.52 Å². The molecule has 3 aromatic rings. The van der Waals surface area contributed by atoms with Gasteiger partial charge in [0.2, 0.25) is 5.91 Å². The fourth-order valence-corrected chi connectivity index (χ4v) is 4.14. The van der Waals surface area contributed by atoms with E-state index in [0.717, 1.165) is 28.6 Å². The molecule has 2 aromatic heterocycles. The van der Waals surface area contributed by atoms with E-state index in [0.29, 0.717) is 30.7 Å². The molecular formula is C25H32N4O3. The largest absolute Gasteiger partial charge is 0.384 e. The lowest BCUT2D eigenvalue weighted by Crippen LogP contribution is -2.19. The van der Waals surface area contributed by atoms with Crippen molar-refractivity contribution in [3.63, 3.8) is 0 Å². The van der Waals surface area contributed by atoms with Crippen LogP contribution in [-0.2, 0) is 23.2 Å². The zero-order valence-corrected chi connectivity index (χ0v) is 18.9. The summed E-state index contributed by atoms with van der Waals surface area (Å²) in [5.41, 5.74) is 5.93. The van der Waals surface area contributed by atoms with Crippen molar-refractivity contribution < 1.29 is 15.1 Å². The van der Waals surface area contributed by atoms with E-state index < -0.39 is 11.5 Å². The van der Waals surface area contributed by atoms with Gasteiger partial charge >= 0.3 is 0 Å². The highest BCUT2D eigenvalue weighted by Gasteiger charge is 2.26. The highest BCUT2D eigenvalue weighted by molar-refractivity contribution is 5.88. The van der Waals surface area contributed by atoms with Gasteiger partial charge in [-0.05, 0) is 62.8 Å². The summed E-state index contributed by atoms with van der Waals surface area (Å²) in [4.78, 5) is 11.2. The second-order valence-electron chi connectivity index (χ2n) is 8.68. The molecule has 7 nitrogen and oxygen atoms in total. The van der Waals surface area contributed by atoms with Crippen molar-refractivity contribution in [3.05, 3.63) is 71.0 Å². The number of nitrogens with one attached hydrogen (secondary N) is 2. The number of amides is 1. The van der Waals surface area contributed by atoms with Crippen LogP contribution in [0.15, 0.2) is 48.7 Å². The molecule has 2 heterocycles. The summed E-state index contributed by atoms with van der Waals surface area (Å²) in [6.07, 6.45) is 4.69. The number of nitrogens with zero attached hydrogens (tertiary/aromatic N) is 2. The number of hydroxylamine groups is 1. The smallest absolute Gasteiger partial charge is 0.243 e. The molecule has 0 saturated heterocycles. The number of fused-ring (bicyclic) bond motifs is 1. The molecule has 4 N–H and O–H groups in total. The first kappa shape index (κ1) is 23.6. The van der Waals surface area contributed by atoms with E-state index in [9.17, 15) is 9.90 Å². The van der Waals surface area contributed by atoms with E-state index in [1.165, 1.54) is 0 Å². The van der Waals surface area contributed by atoms with Crippen molar-refractivity contribution in [2.24, 2.45) is 0 Å². The molecule has 0 aliphatic rings. The Labute approximate surface area is 188 Å². The molecule has 32 heavy (non-hydrogen) atoms. The molecule has 0 unspecified atom stereocenters. The monoisotopic (exact) mass is 436 g/mol. The molecule has 1 atom stereocenters. The van der Waals surface area contributed by atoms with Crippen LogP contribution in [0.1, 0.15) is 68.3 Å². The molecular weight excluding hydrogens is 404 g/mol. The van der Waals surface area contributed by atoms with Crippen LogP contribution >= 0.6 is 0 Å². The first-order valence-corrected chi connectivity index (χ1v) is 11.0. The maximum absolute atomic E-state index is 11.2. The van der Waals surface area contributed by atoms with Crippen LogP contribution in [-0.4, -0.2) is 31.5 Å². The van der Waals surface area contributed by atoms with Gasteiger partial charge in [-0.25, -0.2) is 10.00 Å². The number of aromatic nitrogens is 2. The van der Waals surface area contributed by atoms with Crippen LogP contribution in [0, 0.1) is 5.41 Å².